The number of hydrogen-bond acceptors (Lipinski definition) is 5. The van der Waals surface area contributed by atoms with Crippen LogP contribution in [0.5, 0.6) is 0 Å². The third kappa shape index (κ3) is 6.58. The highest BCUT2D eigenvalue weighted by molar-refractivity contribution is 5.05. The Morgan fingerprint density at radius 2 is 1.18 bits per heavy atom. The first-order valence-electron chi connectivity index (χ1n) is 10.3. The fourth-order valence-corrected chi connectivity index (χ4v) is 3.58. The lowest BCUT2D eigenvalue weighted by Crippen LogP contribution is -2.64. The van der Waals surface area contributed by atoms with Crippen molar-refractivity contribution in [3.63, 3.8) is 0 Å². The normalized spacial score (nSPS) is 26.4. The number of halogens is 17. The molecule has 0 aromatic heterocycles. The van der Waals surface area contributed by atoms with Gasteiger partial charge in [-0.25, -0.2) is 17.9 Å². The molecule has 0 N–H and O–H groups in total. The second kappa shape index (κ2) is 10.8. The van der Waals surface area contributed by atoms with Gasteiger partial charge in [0, 0.05) is 13.1 Å². The zero-order valence-electron chi connectivity index (χ0n) is 18.6. The van der Waals surface area contributed by atoms with E-state index in [0.29, 0.717) is 0 Å². The van der Waals surface area contributed by atoms with Crippen LogP contribution >= 0.6 is 0 Å². The summed E-state index contributed by atoms with van der Waals surface area (Å²) in [6, 6.07) is 0. The molecular weight excluding hydrogens is 605 g/mol. The van der Waals surface area contributed by atoms with Gasteiger partial charge in [0.25, 0.3) is 12.0 Å². The van der Waals surface area contributed by atoms with E-state index in [1.54, 1.807) is 0 Å². The van der Waals surface area contributed by atoms with E-state index >= 15 is 4.39 Å². The van der Waals surface area contributed by atoms with Crippen LogP contribution in [0.1, 0.15) is 12.8 Å². The van der Waals surface area contributed by atoms with Gasteiger partial charge in [-0.3, -0.25) is 9.64 Å². The molecule has 2 saturated heterocycles. The Morgan fingerprint density at radius 1 is 0.692 bits per heavy atom. The molecule has 0 amide bonds. The maximum absolute atomic E-state index is 15.2. The second-order valence-electron chi connectivity index (χ2n) is 8.20. The Bertz CT molecular complexity index is 831. The Labute approximate surface area is 206 Å². The SMILES string of the molecule is FC(OC(F)(F)C(F)(F)C(F)(F)OC(F)(F)F)C(F)(F)C1CCC(C(F)(C(F)N2CCOCC2)C(F)(F)F)O1. The minimum absolute atomic E-state index is 0.263. The fraction of sp³-hybridized carbons (Fsp3) is 1.00. The Balaban J connectivity index is 2.24. The van der Waals surface area contributed by atoms with Crippen molar-refractivity contribution in [2.75, 3.05) is 26.3 Å². The third-order valence-corrected chi connectivity index (χ3v) is 5.59. The summed E-state index contributed by atoms with van der Waals surface area (Å²) in [7, 11) is 0. The predicted octanol–water partition coefficient (Wildman–Crippen LogP) is 5.74. The van der Waals surface area contributed by atoms with E-state index in [1.165, 1.54) is 4.74 Å². The standard InChI is InChI=1S/C17H16F17NO4/c18-9(35-3-5-36-6-4-35)11(20,14(25,26)27)7-1-2-8(37-7)12(21,22)10(19)38-15(28,29)13(23,24)16(30,31)39-17(32,33)34/h7-10H,1-6H2. The molecule has 0 aliphatic carbocycles. The average molecular weight is 621 g/mol. The predicted molar refractivity (Wildman–Crippen MR) is 88.0 cm³/mol. The molecule has 0 aromatic rings. The average Bonchev–Trinajstić information content (AvgIpc) is 3.27. The van der Waals surface area contributed by atoms with Crippen LogP contribution in [-0.4, -0.2) is 98.3 Å². The Morgan fingerprint density at radius 3 is 1.64 bits per heavy atom. The van der Waals surface area contributed by atoms with E-state index in [-0.39, 0.29) is 18.1 Å². The summed E-state index contributed by atoms with van der Waals surface area (Å²) in [6.07, 6.45) is -45.7. The highest BCUT2D eigenvalue weighted by Crippen LogP contribution is 2.52. The molecule has 2 aliphatic rings. The first kappa shape index (κ1) is 33.8. The minimum atomic E-state index is -7.46. The van der Waals surface area contributed by atoms with Crippen LogP contribution in [-0.2, 0) is 18.9 Å². The van der Waals surface area contributed by atoms with Crippen LogP contribution in [0.15, 0.2) is 0 Å². The Kier molecular flexibility index (Phi) is 9.35. The number of hydrogen-bond donors (Lipinski definition) is 0. The van der Waals surface area contributed by atoms with Crippen LogP contribution in [0.25, 0.3) is 0 Å². The van der Waals surface area contributed by atoms with Gasteiger partial charge in [0.15, 0.2) is 6.30 Å². The van der Waals surface area contributed by atoms with Crippen molar-refractivity contribution < 1.29 is 93.6 Å². The number of rotatable bonds is 10. The number of nitrogens with zero attached hydrogens (tertiary/aromatic N) is 1. The molecule has 5 unspecified atom stereocenters. The van der Waals surface area contributed by atoms with Crippen molar-refractivity contribution in [2.24, 2.45) is 0 Å². The highest BCUT2D eigenvalue weighted by atomic mass is 19.4. The first-order chi connectivity index (χ1) is 17.3. The smallest absolute Gasteiger partial charge is 0.379 e. The minimum Gasteiger partial charge on any atom is -0.379 e. The van der Waals surface area contributed by atoms with Crippen LogP contribution in [0.4, 0.5) is 74.6 Å². The quantitative estimate of drug-likeness (QED) is 0.230. The lowest BCUT2D eigenvalue weighted by atomic mass is 9.92. The zero-order valence-corrected chi connectivity index (χ0v) is 18.6. The molecule has 232 valence electrons. The molecule has 0 saturated carbocycles. The lowest BCUT2D eigenvalue weighted by molar-refractivity contribution is -0.516. The van der Waals surface area contributed by atoms with Crippen LogP contribution in [0, 0.1) is 0 Å². The van der Waals surface area contributed by atoms with Gasteiger partial charge < -0.3 is 9.47 Å². The van der Waals surface area contributed by atoms with Crippen LogP contribution < -0.4 is 0 Å². The summed E-state index contributed by atoms with van der Waals surface area (Å²) in [6.45, 7) is -1.95. The molecule has 0 bridgehead atoms. The van der Waals surface area contributed by atoms with Crippen molar-refractivity contribution >= 4 is 0 Å². The number of ether oxygens (including phenoxy) is 4. The van der Waals surface area contributed by atoms with Crippen LogP contribution in [0.2, 0.25) is 0 Å². The van der Waals surface area contributed by atoms with Gasteiger partial charge >= 0.3 is 36.6 Å². The van der Waals surface area contributed by atoms with E-state index < -0.39 is 93.1 Å². The summed E-state index contributed by atoms with van der Waals surface area (Å²) in [5, 5.41) is 0. The van der Waals surface area contributed by atoms with Crippen molar-refractivity contribution in [1.29, 1.82) is 0 Å². The first-order valence-corrected chi connectivity index (χ1v) is 10.3. The van der Waals surface area contributed by atoms with Crippen molar-refractivity contribution in [3.05, 3.63) is 0 Å². The van der Waals surface area contributed by atoms with Gasteiger partial charge in [0.2, 0.25) is 0 Å². The van der Waals surface area contributed by atoms with Gasteiger partial charge in [0.1, 0.15) is 12.2 Å². The number of alkyl halides is 17. The van der Waals surface area contributed by atoms with E-state index in [4.69, 9.17) is 4.74 Å². The van der Waals surface area contributed by atoms with E-state index in [2.05, 4.69) is 9.47 Å². The third-order valence-electron chi connectivity index (χ3n) is 5.59. The van der Waals surface area contributed by atoms with E-state index in [9.17, 15) is 70.2 Å². The summed E-state index contributed by atoms with van der Waals surface area (Å²) in [4.78, 5) is 0.263. The largest absolute Gasteiger partial charge is 0.527 e. The molecule has 5 nitrogen and oxygen atoms in total. The Hall–Kier alpha value is -1.39. The van der Waals surface area contributed by atoms with E-state index in [0.717, 1.165) is 0 Å². The molecule has 2 rings (SSSR count). The monoisotopic (exact) mass is 621 g/mol. The molecule has 2 aliphatic heterocycles. The summed E-state index contributed by atoms with van der Waals surface area (Å²) in [5.41, 5.74) is -5.09. The fourth-order valence-electron chi connectivity index (χ4n) is 3.58. The van der Waals surface area contributed by atoms with Crippen molar-refractivity contribution in [3.8, 4) is 0 Å². The molecule has 0 aromatic carbocycles. The summed E-state index contributed by atoms with van der Waals surface area (Å²) >= 11 is 0. The molecule has 2 fully saturated rings. The van der Waals surface area contributed by atoms with Crippen molar-refractivity contribution in [1.82, 2.24) is 4.90 Å². The zero-order chi connectivity index (χ0) is 30.5. The molecule has 2 heterocycles. The topological polar surface area (TPSA) is 40.2 Å². The van der Waals surface area contributed by atoms with Gasteiger partial charge in [-0.15, -0.1) is 13.2 Å². The van der Waals surface area contributed by atoms with Gasteiger partial charge in [-0.2, -0.15) is 48.3 Å². The molecule has 39 heavy (non-hydrogen) atoms. The van der Waals surface area contributed by atoms with Crippen molar-refractivity contribution in [2.45, 2.75) is 80.0 Å². The van der Waals surface area contributed by atoms with Gasteiger partial charge in [-0.1, -0.05) is 0 Å². The van der Waals surface area contributed by atoms with Crippen LogP contribution in [0.3, 0.4) is 0 Å². The van der Waals surface area contributed by atoms with Gasteiger partial charge in [0.05, 0.1) is 13.2 Å². The second-order valence-corrected chi connectivity index (χ2v) is 8.20. The lowest BCUT2D eigenvalue weighted by Gasteiger charge is -2.41. The summed E-state index contributed by atoms with van der Waals surface area (Å²) in [5.74, 6) is -13.2. The highest BCUT2D eigenvalue weighted by Gasteiger charge is 2.78. The molecule has 5 atom stereocenters. The molecule has 22 heteroatoms. The molecule has 0 spiro atoms. The van der Waals surface area contributed by atoms with Gasteiger partial charge in [-0.05, 0) is 12.8 Å². The van der Waals surface area contributed by atoms with E-state index in [1.807, 2.05) is 0 Å². The molecular formula is C17H16F17NO4. The maximum atomic E-state index is 15.2. The molecule has 0 radical (unpaired) electrons. The number of morpholine rings is 1. The summed E-state index contributed by atoms with van der Waals surface area (Å²) < 4.78 is 241. The maximum Gasteiger partial charge on any atom is 0.527 e.